The number of nitro groups is 1. The predicted octanol–water partition coefficient (Wildman–Crippen LogP) is 4.88. The molecule has 21 heteroatoms. The Morgan fingerprint density at radius 2 is 1.49 bits per heavy atom. The molecule has 2 rings (SSSR count). The van der Waals surface area contributed by atoms with Crippen molar-refractivity contribution in [3.8, 4) is 0 Å². The van der Waals surface area contributed by atoms with Crippen molar-refractivity contribution in [1.29, 1.82) is 0 Å². The molecule has 2 aromatic rings. The molecule has 0 aliphatic rings. The molecule has 1 aromatic heterocycles. The van der Waals surface area contributed by atoms with Crippen molar-refractivity contribution in [3.63, 3.8) is 0 Å². The number of alkyl carbamates (subject to hydrolysis) is 1. The van der Waals surface area contributed by atoms with E-state index in [0.29, 0.717) is 17.9 Å². The van der Waals surface area contributed by atoms with Gasteiger partial charge in [-0.05, 0) is 39.3 Å². The zero-order valence-corrected chi connectivity index (χ0v) is 28.6. The van der Waals surface area contributed by atoms with Gasteiger partial charge in [-0.1, -0.05) is 38.5 Å². The van der Waals surface area contributed by atoms with Gasteiger partial charge in [0.25, 0.3) is 5.69 Å². The van der Waals surface area contributed by atoms with Crippen molar-refractivity contribution in [1.82, 2.24) is 20.9 Å². The number of carbonyl (C=O) groups is 5. The number of anilines is 2. The van der Waals surface area contributed by atoms with Gasteiger partial charge < -0.3 is 36.5 Å². The molecular weight excluding hydrogens is 681 g/mol. The van der Waals surface area contributed by atoms with Crippen LogP contribution >= 0.6 is 11.3 Å². The van der Waals surface area contributed by atoms with E-state index < -0.39 is 82.1 Å². The van der Waals surface area contributed by atoms with Crippen molar-refractivity contribution < 1.29 is 51.5 Å². The number of alkyl halides is 3. The Hall–Kier alpha value is -5.21. The lowest BCUT2D eigenvalue weighted by Gasteiger charge is -2.19. The summed E-state index contributed by atoms with van der Waals surface area (Å²) in [7, 11) is 0. The van der Waals surface area contributed by atoms with Crippen molar-refractivity contribution in [3.05, 3.63) is 45.0 Å². The van der Waals surface area contributed by atoms with Gasteiger partial charge in [-0.15, -0.1) is 0 Å². The van der Waals surface area contributed by atoms with Crippen LogP contribution in [0.5, 0.6) is 0 Å². The minimum absolute atomic E-state index is 0.0993. The molecule has 6 amide bonds. The van der Waals surface area contributed by atoms with E-state index in [0.717, 1.165) is 18.6 Å². The fourth-order valence-electron chi connectivity index (χ4n) is 2.80. The highest BCUT2D eigenvalue weighted by Gasteiger charge is 2.38. The molecule has 17 nitrogen and oxygen atoms in total. The van der Waals surface area contributed by atoms with Crippen LogP contribution < -0.4 is 32.3 Å². The monoisotopic (exact) mass is 722 g/mol. The number of amides is 6. The number of rotatable bonds is 11. The Morgan fingerprint density at radius 3 is 1.96 bits per heavy atom. The van der Waals surface area contributed by atoms with Crippen molar-refractivity contribution >= 4 is 57.9 Å². The molecule has 274 valence electrons. The van der Waals surface area contributed by atoms with Gasteiger partial charge in [0.2, 0.25) is 11.8 Å². The van der Waals surface area contributed by atoms with E-state index in [1.165, 1.54) is 18.6 Å². The van der Waals surface area contributed by atoms with Crippen LogP contribution in [-0.2, 0) is 31.8 Å². The van der Waals surface area contributed by atoms with E-state index in [4.69, 9.17) is 15.2 Å². The van der Waals surface area contributed by atoms with Crippen molar-refractivity contribution in [2.75, 3.05) is 30.3 Å². The third-order valence-electron chi connectivity index (χ3n) is 4.66. The second-order valence-corrected chi connectivity index (χ2v) is 11.6. The van der Waals surface area contributed by atoms with Crippen LogP contribution in [0.1, 0.15) is 65.0 Å². The molecule has 0 fully saturated rings. The molecule has 0 radical (unpaired) electrons. The summed E-state index contributed by atoms with van der Waals surface area (Å²) in [6.45, 7) is 9.75. The van der Waals surface area contributed by atoms with Crippen LogP contribution in [0.2, 0.25) is 0 Å². The molecule has 49 heavy (non-hydrogen) atoms. The first kappa shape index (κ1) is 43.8. The molecule has 7 N–H and O–H groups in total. The standard InChI is InChI=1S/C21H23F3N6O8S.C4H10N2O.C3H8/c1-20(2,3)38-18(33)26-8-14(31)25-9-15(32)28-17-29-16(21(22,23)24)13(39-17)10-37-19(34)27-11-4-6-12(7-5-11)30(35)36;1-2-3-6-4(5)7;1-3-2/h4-7H,8-10H2,1-3H3,(H,25,31)(H,26,33)(H,27,34)(H,28,29,32);2-3H2,1H3,(H3,5,6,7);3H2,1-2H3. The van der Waals surface area contributed by atoms with Gasteiger partial charge in [0.1, 0.15) is 18.8 Å². The lowest BCUT2D eigenvalue weighted by molar-refractivity contribution is -0.384. The first-order valence-corrected chi connectivity index (χ1v) is 15.4. The van der Waals surface area contributed by atoms with Gasteiger partial charge in [0.05, 0.1) is 16.3 Å². The molecule has 0 atom stereocenters. The van der Waals surface area contributed by atoms with E-state index >= 15 is 0 Å². The van der Waals surface area contributed by atoms with Gasteiger partial charge in [-0.2, -0.15) is 13.2 Å². The third kappa shape index (κ3) is 20.6. The molecule has 0 saturated carbocycles. The zero-order chi connectivity index (χ0) is 37.8. The number of ether oxygens (including phenoxy) is 2. The Labute approximate surface area is 284 Å². The average Bonchev–Trinajstić information content (AvgIpc) is 3.40. The van der Waals surface area contributed by atoms with Crippen LogP contribution in [0.4, 0.5) is 44.1 Å². The van der Waals surface area contributed by atoms with Gasteiger partial charge in [-0.25, -0.2) is 19.4 Å². The number of aromatic nitrogens is 1. The maximum absolute atomic E-state index is 13.4. The lowest BCUT2D eigenvalue weighted by atomic mass is 10.2. The summed E-state index contributed by atoms with van der Waals surface area (Å²) in [5, 5.41) is 21.3. The van der Waals surface area contributed by atoms with Crippen LogP contribution in [-0.4, -0.2) is 65.2 Å². The fourth-order valence-corrected chi connectivity index (χ4v) is 3.71. The molecule has 0 spiro atoms. The molecule has 1 aromatic carbocycles. The SMILES string of the molecule is CC(C)(C)OC(=O)NCC(=O)NCC(=O)Nc1nc(C(F)(F)F)c(COC(=O)Nc2ccc([N+](=O)[O-])cc2)s1.CCC.CCCNC(N)=O. The topological polar surface area (TPSA) is 246 Å². The molecule has 0 aliphatic carbocycles. The van der Waals surface area contributed by atoms with E-state index in [-0.39, 0.29) is 11.4 Å². The summed E-state index contributed by atoms with van der Waals surface area (Å²) < 4.78 is 49.9. The minimum atomic E-state index is -4.94. The highest BCUT2D eigenvalue weighted by atomic mass is 32.1. The van der Waals surface area contributed by atoms with Gasteiger partial charge in [0, 0.05) is 24.4 Å². The number of nitrogens with one attached hydrogen (secondary N) is 5. The van der Waals surface area contributed by atoms with Crippen LogP contribution in [0, 0.1) is 10.1 Å². The zero-order valence-electron chi connectivity index (χ0n) is 27.7. The first-order chi connectivity index (χ1) is 22.7. The van der Waals surface area contributed by atoms with E-state index in [2.05, 4.69) is 45.4 Å². The maximum Gasteiger partial charge on any atom is 0.434 e. The van der Waals surface area contributed by atoms with Crippen molar-refractivity contribution in [2.45, 2.75) is 72.8 Å². The number of benzene rings is 1. The number of primary amides is 1. The Bertz CT molecular complexity index is 1400. The Morgan fingerprint density at radius 1 is 0.918 bits per heavy atom. The number of hydrogen-bond acceptors (Lipinski definition) is 11. The van der Waals surface area contributed by atoms with Crippen LogP contribution in [0.25, 0.3) is 0 Å². The number of thiazole rings is 1. The van der Waals surface area contributed by atoms with Crippen molar-refractivity contribution in [2.24, 2.45) is 5.73 Å². The highest BCUT2D eigenvalue weighted by Crippen LogP contribution is 2.36. The lowest BCUT2D eigenvalue weighted by Crippen LogP contribution is -2.41. The predicted molar refractivity (Wildman–Crippen MR) is 174 cm³/mol. The van der Waals surface area contributed by atoms with Gasteiger partial charge >= 0.3 is 24.4 Å². The normalized spacial score (nSPS) is 10.5. The molecule has 1 heterocycles. The molecule has 0 bridgehead atoms. The second-order valence-electron chi connectivity index (χ2n) is 10.5. The Kier molecular flexibility index (Phi) is 19.3. The summed E-state index contributed by atoms with van der Waals surface area (Å²) in [5.41, 5.74) is 2.41. The fraction of sp³-hybridized carbons (Fsp3) is 0.500. The van der Waals surface area contributed by atoms with Crippen LogP contribution in [0.3, 0.4) is 0 Å². The summed E-state index contributed by atoms with van der Waals surface area (Å²) >= 11 is 0.393. The summed E-state index contributed by atoms with van der Waals surface area (Å²) in [5.74, 6) is -1.68. The Balaban J connectivity index is 0.00000201. The smallest absolute Gasteiger partial charge is 0.434 e. The summed E-state index contributed by atoms with van der Waals surface area (Å²) in [6.07, 6.45) is -4.75. The number of carbonyl (C=O) groups excluding carboxylic acids is 5. The number of non-ortho nitro benzene ring substituents is 1. The van der Waals surface area contributed by atoms with E-state index in [1.54, 1.807) is 20.8 Å². The number of nitrogens with zero attached hydrogens (tertiary/aromatic N) is 2. The number of nitrogens with two attached hydrogens (primary N) is 1. The first-order valence-electron chi connectivity index (χ1n) is 14.5. The summed E-state index contributed by atoms with van der Waals surface area (Å²) in [6, 6.07) is 4.17. The molecular formula is C28H41F3N8O9S. The number of halogens is 3. The van der Waals surface area contributed by atoms with E-state index in [9.17, 15) is 47.3 Å². The number of urea groups is 1. The van der Waals surface area contributed by atoms with Gasteiger partial charge in [0.15, 0.2) is 10.8 Å². The highest BCUT2D eigenvalue weighted by molar-refractivity contribution is 7.15. The second kappa shape index (κ2) is 21.6. The molecule has 0 saturated heterocycles. The molecule has 0 aliphatic heterocycles. The molecule has 0 unspecified atom stereocenters. The summed E-state index contributed by atoms with van der Waals surface area (Å²) in [4.78, 5) is 70.0. The number of hydrogen-bond donors (Lipinski definition) is 6. The van der Waals surface area contributed by atoms with Crippen LogP contribution in [0.15, 0.2) is 24.3 Å². The minimum Gasteiger partial charge on any atom is -0.444 e. The number of nitro benzene ring substituents is 1. The third-order valence-corrected chi connectivity index (χ3v) is 5.60. The van der Waals surface area contributed by atoms with Gasteiger partial charge in [-0.3, -0.25) is 25.0 Å². The average molecular weight is 723 g/mol. The largest absolute Gasteiger partial charge is 0.444 e. The quantitative estimate of drug-likeness (QED) is 0.136. The van der Waals surface area contributed by atoms with E-state index in [1.807, 2.05) is 6.92 Å². The maximum atomic E-state index is 13.4.